The van der Waals surface area contributed by atoms with Gasteiger partial charge in [-0.25, -0.2) is 0 Å². The number of hydrogen-bond donors (Lipinski definition) is 1. The molecule has 0 saturated carbocycles. The lowest BCUT2D eigenvalue weighted by molar-refractivity contribution is -0.157. The van der Waals surface area contributed by atoms with Crippen LogP contribution in [-0.2, 0) is 20.9 Å². The third-order valence-electron chi connectivity index (χ3n) is 3.52. The van der Waals surface area contributed by atoms with E-state index in [0.717, 1.165) is 12.0 Å². The SMILES string of the molecule is CCCNC(=O)CN1CCN(Cc2ccccc2)C(=O)C1=O. The number of piperazine rings is 1. The molecular formula is C16H21N3O3. The van der Waals surface area contributed by atoms with E-state index in [9.17, 15) is 14.4 Å². The summed E-state index contributed by atoms with van der Waals surface area (Å²) in [7, 11) is 0. The third kappa shape index (κ3) is 4.07. The maximum absolute atomic E-state index is 12.1. The highest BCUT2D eigenvalue weighted by atomic mass is 16.2. The van der Waals surface area contributed by atoms with Gasteiger partial charge in [0.25, 0.3) is 0 Å². The molecule has 1 aliphatic rings. The molecule has 1 aromatic rings. The molecule has 3 amide bonds. The van der Waals surface area contributed by atoms with Crippen LogP contribution in [0.15, 0.2) is 30.3 Å². The lowest BCUT2D eigenvalue weighted by Gasteiger charge is -2.33. The van der Waals surface area contributed by atoms with Gasteiger partial charge in [-0.2, -0.15) is 0 Å². The molecule has 6 nitrogen and oxygen atoms in total. The van der Waals surface area contributed by atoms with E-state index in [1.54, 1.807) is 0 Å². The Labute approximate surface area is 130 Å². The number of amides is 3. The fourth-order valence-electron chi connectivity index (χ4n) is 2.31. The Morgan fingerprint density at radius 2 is 1.73 bits per heavy atom. The van der Waals surface area contributed by atoms with Crippen LogP contribution in [0.1, 0.15) is 18.9 Å². The Hall–Kier alpha value is -2.37. The zero-order valence-electron chi connectivity index (χ0n) is 12.7. The molecule has 1 fully saturated rings. The molecule has 1 N–H and O–H groups in total. The Kier molecular flexibility index (Phi) is 5.52. The number of carbonyl (C=O) groups excluding carboxylic acids is 3. The van der Waals surface area contributed by atoms with E-state index in [1.807, 2.05) is 37.3 Å². The van der Waals surface area contributed by atoms with Crippen molar-refractivity contribution in [3.05, 3.63) is 35.9 Å². The minimum absolute atomic E-state index is 0.0518. The highest BCUT2D eigenvalue weighted by Gasteiger charge is 2.33. The quantitative estimate of drug-likeness (QED) is 0.773. The second kappa shape index (κ2) is 7.59. The van der Waals surface area contributed by atoms with Crippen LogP contribution >= 0.6 is 0 Å². The summed E-state index contributed by atoms with van der Waals surface area (Å²) in [5.41, 5.74) is 0.984. The van der Waals surface area contributed by atoms with Gasteiger partial charge in [0.2, 0.25) is 5.91 Å². The standard InChI is InChI=1S/C16H21N3O3/c1-2-8-17-14(20)12-19-10-9-18(15(21)16(19)22)11-13-6-4-3-5-7-13/h3-7H,2,8-12H2,1H3,(H,17,20). The van der Waals surface area contributed by atoms with Crippen molar-refractivity contribution in [2.45, 2.75) is 19.9 Å². The third-order valence-corrected chi connectivity index (χ3v) is 3.52. The fourth-order valence-corrected chi connectivity index (χ4v) is 2.31. The summed E-state index contributed by atoms with van der Waals surface area (Å²) in [6.07, 6.45) is 0.837. The van der Waals surface area contributed by atoms with Gasteiger partial charge in [-0.15, -0.1) is 0 Å². The first-order valence-electron chi connectivity index (χ1n) is 7.50. The summed E-state index contributed by atoms with van der Waals surface area (Å²) in [4.78, 5) is 38.7. The lowest BCUT2D eigenvalue weighted by Crippen LogP contribution is -2.55. The second-order valence-electron chi connectivity index (χ2n) is 5.29. The first-order chi connectivity index (χ1) is 10.6. The van der Waals surface area contributed by atoms with Crippen LogP contribution in [0.4, 0.5) is 0 Å². The molecule has 0 aromatic heterocycles. The number of rotatable bonds is 6. The minimum Gasteiger partial charge on any atom is -0.355 e. The maximum Gasteiger partial charge on any atom is 0.312 e. The molecule has 2 rings (SSSR count). The van der Waals surface area contributed by atoms with E-state index >= 15 is 0 Å². The van der Waals surface area contributed by atoms with Gasteiger partial charge in [0.05, 0.1) is 0 Å². The Morgan fingerprint density at radius 3 is 2.41 bits per heavy atom. The van der Waals surface area contributed by atoms with E-state index < -0.39 is 11.8 Å². The summed E-state index contributed by atoms with van der Waals surface area (Å²) in [6.45, 7) is 3.73. The van der Waals surface area contributed by atoms with Gasteiger partial charge in [-0.1, -0.05) is 37.3 Å². The van der Waals surface area contributed by atoms with Crippen LogP contribution in [0, 0.1) is 0 Å². The predicted octanol–water partition coefficient (Wildman–Crippen LogP) is 0.384. The Balaban J connectivity index is 1.90. The molecule has 0 atom stereocenters. The number of carbonyl (C=O) groups is 3. The molecule has 118 valence electrons. The highest BCUT2D eigenvalue weighted by molar-refractivity contribution is 6.35. The molecule has 1 heterocycles. The number of nitrogens with zero attached hydrogens (tertiary/aromatic N) is 2. The van der Waals surface area contributed by atoms with Gasteiger partial charge in [0.15, 0.2) is 0 Å². The molecular weight excluding hydrogens is 282 g/mol. The summed E-state index contributed by atoms with van der Waals surface area (Å²) in [5.74, 6) is -1.37. The smallest absolute Gasteiger partial charge is 0.312 e. The van der Waals surface area contributed by atoms with Gasteiger partial charge in [0, 0.05) is 26.2 Å². The minimum atomic E-state index is -0.603. The van der Waals surface area contributed by atoms with Crippen LogP contribution in [0.3, 0.4) is 0 Å². The molecule has 0 aliphatic carbocycles. The summed E-state index contributed by atoms with van der Waals surface area (Å²) < 4.78 is 0. The van der Waals surface area contributed by atoms with E-state index in [4.69, 9.17) is 0 Å². The lowest BCUT2D eigenvalue weighted by atomic mass is 10.2. The van der Waals surface area contributed by atoms with Crippen molar-refractivity contribution in [1.82, 2.24) is 15.1 Å². The molecule has 1 saturated heterocycles. The van der Waals surface area contributed by atoms with Gasteiger partial charge < -0.3 is 15.1 Å². The van der Waals surface area contributed by atoms with Gasteiger partial charge in [-0.3, -0.25) is 14.4 Å². The normalized spacial score (nSPS) is 15.1. The predicted molar refractivity (Wildman–Crippen MR) is 81.7 cm³/mol. The van der Waals surface area contributed by atoms with Gasteiger partial charge >= 0.3 is 11.8 Å². The van der Waals surface area contributed by atoms with Gasteiger partial charge in [-0.05, 0) is 12.0 Å². The van der Waals surface area contributed by atoms with Crippen LogP contribution < -0.4 is 5.32 Å². The molecule has 22 heavy (non-hydrogen) atoms. The van der Waals surface area contributed by atoms with E-state index in [1.165, 1.54) is 9.80 Å². The van der Waals surface area contributed by atoms with Gasteiger partial charge in [0.1, 0.15) is 6.54 Å². The molecule has 0 unspecified atom stereocenters. The molecule has 0 radical (unpaired) electrons. The summed E-state index contributed by atoms with van der Waals surface area (Å²) >= 11 is 0. The topological polar surface area (TPSA) is 69.7 Å². The van der Waals surface area contributed by atoms with Crippen LogP contribution in [0.5, 0.6) is 0 Å². The molecule has 1 aliphatic heterocycles. The van der Waals surface area contributed by atoms with Crippen LogP contribution in [0.2, 0.25) is 0 Å². The first-order valence-corrected chi connectivity index (χ1v) is 7.50. The zero-order valence-corrected chi connectivity index (χ0v) is 12.7. The number of benzene rings is 1. The molecule has 0 bridgehead atoms. The van der Waals surface area contributed by atoms with E-state index in [0.29, 0.717) is 26.2 Å². The Morgan fingerprint density at radius 1 is 1.09 bits per heavy atom. The highest BCUT2D eigenvalue weighted by Crippen LogP contribution is 2.10. The van der Waals surface area contributed by atoms with Crippen LogP contribution in [0.25, 0.3) is 0 Å². The van der Waals surface area contributed by atoms with Crippen molar-refractivity contribution in [3.8, 4) is 0 Å². The van der Waals surface area contributed by atoms with Crippen molar-refractivity contribution in [2.75, 3.05) is 26.2 Å². The van der Waals surface area contributed by atoms with Crippen molar-refractivity contribution < 1.29 is 14.4 Å². The van der Waals surface area contributed by atoms with Crippen LogP contribution in [-0.4, -0.2) is 53.7 Å². The Bertz CT molecular complexity index is 545. The average molecular weight is 303 g/mol. The number of nitrogens with one attached hydrogen (secondary N) is 1. The van der Waals surface area contributed by atoms with E-state index in [2.05, 4.69) is 5.32 Å². The molecule has 1 aromatic carbocycles. The largest absolute Gasteiger partial charge is 0.355 e. The monoisotopic (exact) mass is 303 g/mol. The van der Waals surface area contributed by atoms with Crippen molar-refractivity contribution in [2.24, 2.45) is 0 Å². The first kappa shape index (κ1) is 16.0. The maximum atomic E-state index is 12.1. The van der Waals surface area contributed by atoms with Crippen molar-refractivity contribution in [3.63, 3.8) is 0 Å². The summed E-state index contributed by atoms with van der Waals surface area (Å²) in [5, 5.41) is 2.71. The second-order valence-corrected chi connectivity index (χ2v) is 5.29. The molecule has 6 heteroatoms. The fraction of sp³-hybridized carbons (Fsp3) is 0.438. The average Bonchev–Trinajstić information content (AvgIpc) is 2.53. The van der Waals surface area contributed by atoms with Crippen molar-refractivity contribution >= 4 is 17.7 Å². The number of hydrogen-bond acceptors (Lipinski definition) is 3. The van der Waals surface area contributed by atoms with Crippen molar-refractivity contribution in [1.29, 1.82) is 0 Å². The van der Waals surface area contributed by atoms with E-state index in [-0.39, 0.29) is 12.5 Å². The summed E-state index contributed by atoms with van der Waals surface area (Å²) in [6, 6.07) is 9.54. The molecule has 0 spiro atoms. The zero-order chi connectivity index (χ0) is 15.9.